The van der Waals surface area contributed by atoms with Gasteiger partial charge in [0.15, 0.2) is 0 Å². The van der Waals surface area contributed by atoms with Gasteiger partial charge in [-0.3, -0.25) is 14.4 Å². The predicted molar refractivity (Wildman–Crippen MR) is 107 cm³/mol. The second-order valence-corrected chi connectivity index (χ2v) is 7.42. The zero-order valence-electron chi connectivity index (χ0n) is 16.4. The van der Waals surface area contributed by atoms with E-state index in [9.17, 15) is 19.5 Å². The first-order valence-electron chi connectivity index (χ1n) is 9.36. The fourth-order valence-corrected chi connectivity index (χ4v) is 3.40. The molecule has 0 aromatic heterocycles. The van der Waals surface area contributed by atoms with Crippen molar-refractivity contribution in [1.82, 2.24) is 10.2 Å². The predicted octanol–water partition coefficient (Wildman–Crippen LogP) is 2.49. The topological polar surface area (TPSA) is 95.9 Å². The van der Waals surface area contributed by atoms with E-state index in [-0.39, 0.29) is 12.5 Å². The van der Waals surface area contributed by atoms with Gasteiger partial charge >= 0.3 is 5.97 Å². The van der Waals surface area contributed by atoms with Crippen LogP contribution in [0, 0.1) is 5.41 Å². The van der Waals surface area contributed by atoms with Gasteiger partial charge in [-0.2, -0.15) is 0 Å². The van der Waals surface area contributed by atoms with Gasteiger partial charge in [-0.15, -0.1) is 0 Å². The van der Waals surface area contributed by atoms with Crippen LogP contribution >= 0.6 is 0 Å². The zero-order chi connectivity index (χ0) is 21.0. The number of nitrogens with zero attached hydrogens (tertiary/aromatic N) is 1. The summed E-state index contributed by atoms with van der Waals surface area (Å²) >= 11 is 0. The SMILES string of the molecule is COc1ccc(C(=O)NC(C(=O)N2CCC(C)(C(=O)O)C2)c2ccccc2)cc1. The molecule has 2 amide bonds. The lowest BCUT2D eigenvalue weighted by atomic mass is 9.90. The van der Waals surface area contributed by atoms with Crippen molar-refractivity contribution in [2.24, 2.45) is 5.41 Å². The van der Waals surface area contributed by atoms with Crippen molar-refractivity contribution in [3.63, 3.8) is 0 Å². The van der Waals surface area contributed by atoms with Gasteiger partial charge in [0.2, 0.25) is 5.91 Å². The Labute approximate surface area is 169 Å². The number of carboxylic acids is 1. The standard InChI is InChI=1S/C22H24N2O5/c1-22(21(27)28)12-13-24(14-22)20(26)18(15-6-4-3-5-7-15)23-19(25)16-8-10-17(29-2)11-9-16/h3-11,18H,12-14H2,1-2H3,(H,23,25)(H,27,28). The number of nitrogens with one attached hydrogen (secondary N) is 1. The van der Waals surface area contributed by atoms with Gasteiger partial charge in [0.05, 0.1) is 12.5 Å². The molecule has 1 saturated heterocycles. The number of hydrogen-bond acceptors (Lipinski definition) is 4. The number of ether oxygens (including phenoxy) is 1. The lowest BCUT2D eigenvalue weighted by Crippen LogP contribution is -2.43. The number of hydrogen-bond donors (Lipinski definition) is 2. The molecule has 1 aliphatic heterocycles. The molecule has 1 fully saturated rings. The quantitative estimate of drug-likeness (QED) is 0.782. The van der Waals surface area contributed by atoms with E-state index < -0.39 is 23.3 Å². The van der Waals surface area contributed by atoms with E-state index in [2.05, 4.69) is 5.32 Å². The van der Waals surface area contributed by atoms with Crippen LogP contribution in [0.25, 0.3) is 0 Å². The second-order valence-electron chi connectivity index (χ2n) is 7.42. The number of carbonyl (C=O) groups excluding carboxylic acids is 2. The van der Waals surface area contributed by atoms with Crippen LogP contribution in [-0.4, -0.2) is 48.0 Å². The molecule has 0 spiro atoms. The third kappa shape index (κ3) is 4.39. The average Bonchev–Trinajstić information content (AvgIpc) is 3.16. The van der Waals surface area contributed by atoms with Crippen molar-refractivity contribution in [1.29, 1.82) is 0 Å². The number of likely N-dealkylation sites (tertiary alicyclic amines) is 1. The lowest BCUT2D eigenvalue weighted by molar-refractivity contribution is -0.147. The highest BCUT2D eigenvalue weighted by Crippen LogP contribution is 2.32. The first kappa shape index (κ1) is 20.4. The van der Waals surface area contributed by atoms with Crippen molar-refractivity contribution in [2.45, 2.75) is 19.4 Å². The fraction of sp³-hybridized carbons (Fsp3) is 0.318. The maximum Gasteiger partial charge on any atom is 0.311 e. The van der Waals surface area contributed by atoms with Gasteiger partial charge in [0.25, 0.3) is 5.91 Å². The molecule has 152 valence electrons. The number of benzene rings is 2. The molecule has 2 atom stereocenters. The lowest BCUT2D eigenvalue weighted by Gasteiger charge is -2.26. The van der Waals surface area contributed by atoms with Gasteiger partial charge in [-0.05, 0) is 43.2 Å². The molecule has 1 heterocycles. The van der Waals surface area contributed by atoms with Crippen LogP contribution in [0.4, 0.5) is 0 Å². The highest BCUT2D eigenvalue weighted by molar-refractivity contribution is 5.98. The van der Waals surface area contributed by atoms with Crippen molar-refractivity contribution in [3.05, 3.63) is 65.7 Å². The summed E-state index contributed by atoms with van der Waals surface area (Å²) in [5.41, 5.74) is 0.0660. The Morgan fingerprint density at radius 1 is 1.10 bits per heavy atom. The smallest absolute Gasteiger partial charge is 0.311 e. The highest BCUT2D eigenvalue weighted by Gasteiger charge is 2.43. The zero-order valence-corrected chi connectivity index (χ0v) is 16.4. The monoisotopic (exact) mass is 396 g/mol. The Balaban J connectivity index is 1.82. The molecule has 0 bridgehead atoms. The summed E-state index contributed by atoms with van der Waals surface area (Å²) in [6, 6.07) is 14.6. The van der Waals surface area contributed by atoms with Crippen LogP contribution in [0.1, 0.15) is 35.3 Å². The average molecular weight is 396 g/mol. The maximum atomic E-state index is 13.2. The largest absolute Gasteiger partial charge is 0.497 e. The van der Waals surface area contributed by atoms with Gasteiger partial charge < -0.3 is 20.1 Å². The van der Waals surface area contributed by atoms with Crippen LogP contribution in [0.2, 0.25) is 0 Å². The molecule has 3 rings (SSSR count). The van der Waals surface area contributed by atoms with Crippen molar-refractivity contribution >= 4 is 17.8 Å². The van der Waals surface area contributed by atoms with E-state index >= 15 is 0 Å². The number of amides is 2. The summed E-state index contributed by atoms with van der Waals surface area (Å²) in [5.74, 6) is -1.01. The van der Waals surface area contributed by atoms with Crippen LogP contribution < -0.4 is 10.1 Å². The second kappa shape index (κ2) is 8.34. The molecule has 0 aliphatic carbocycles. The Hall–Kier alpha value is -3.35. The van der Waals surface area contributed by atoms with E-state index in [1.807, 2.05) is 6.07 Å². The molecule has 0 saturated carbocycles. The number of methoxy groups -OCH3 is 1. The Kier molecular flexibility index (Phi) is 5.87. The summed E-state index contributed by atoms with van der Waals surface area (Å²) in [6.45, 7) is 2.09. The van der Waals surface area contributed by atoms with Gasteiger partial charge in [-0.25, -0.2) is 0 Å². The summed E-state index contributed by atoms with van der Waals surface area (Å²) in [5, 5.41) is 12.2. The number of rotatable bonds is 6. The van der Waals surface area contributed by atoms with Gasteiger partial charge in [0, 0.05) is 18.7 Å². The number of carboxylic acid groups (broad SMARTS) is 1. The minimum absolute atomic E-state index is 0.114. The first-order valence-corrected chi connectivity index (χ1v) is 9.36. The summed E-state index contributed by atoms with van der Waals surface area (Å²) < 4.78 is 5.10. The summed E-state index contributed by atoms with van der Waals surface area (Å²) in [4.78, 5) is 39.0. The van der Waals surface area contributed by atoms with Gasteiger partial charge in [0.1, 0.15) is 11.8 Å². The molecule has 1 aliphatic rings. The third-order valence-electron chi connectivity index (χ3n) is 5.31. The Bertz CT molecular complexity index is 897. The molecule has 2 N–H and O–H groups in total. The van der Waals surface area contributed by atoms with Crippen LogP contribution in [-0.2, 0) is 9.59 Å². The van der Waals surface area contributed by atoms with E-state index in [0.29, 0.717) is 29.8 Å². The normalized spacial score (nSPS) is 19.4. The summed E-state index contributed by atoms with van der Waals surface area (Å²) in [7, 11) is 1.54. The van der Waals surface area contributed by atoms with E-state index in [4.69, 9.17) is 4.74 Å². The molecule has 0 radical (unpaired) electrons. The molecule has 7 heteroatoms. The van der Waals surface area contributed by atoms with Crippen molar-refractivity contribution in [3.8, 4) is 5.75 Å². The molecule has 2 unspecified atom stereocenters. The minimum Gasteiger partial charge on any atom is -0.497 e. The van der Waals surface area contributed by atoms with Crippen LogP contribution in [0.5, 0.6) is 5.75 Å². The molecule has 2 aromatic rings. The van der Waals surface area contributed by atoms with E-state index in [1.54, 1.807) is 62.6 Å². The first-order chi connectivity index (χ1) is 13.8. The summed E-state index contributed by atoms with van der Waals surface area (Å²) in [6.07, 6.45) is 0.377. The number of aliphatic carboxylic acids is 1. The fourth-order valence-electron chi connectivity index (χ4n) is 3.40. The minimum atomic E-state index is -0.975. The van der Waals surface area contributed by atoms with E-state index in [1.165, 1.54) is 4.90 Å². The Morgan fingerprint density at radius 2 is 1.76 bits per heavy atom. The molecule has 29 heavy (non-hydrogen) atoms. The van der Waals surface area contributed by atoms with Crippen molar-refractivity contribution < 1.29 is 24.2 Å². The number of carbonyl (C=O) groups is 3. The highest BCUT2D eigenvalue weighted by atomic mass is 16.5. The van der Waals surface area contributed by atoms with E-state index in [0.717, 1.165) is 0 Å². The molecular weight excluding hydrogens is 372 g/mol. The molecule has 2 aromatic carbocycles. The van der Waals surface area contributed by atoms with Crippen LogP contribution in [0.15, 0.2) is 54.6 Å². The third-order valence-corrected chi connectivity index (χ3v) is 5.31. The maximum absolute atomic E-state index is 13.2. The molecular formula is C22H24N2O5. The van der Waals surface area contributed by atoms with Gasteiger partial charge in [-0.1, -0.05) is 30.3 Å². The van der Waals surface area contributed by atoms with Crippen LogP contribution in [0.3, 0.4) is 0 Å². The Morgan fingerprint density at radius 3 is 2.31 bits per heavy atom. The molecule has 7 nitrogen and oxygen atoms in total. The van der Waals surface area contributed by atoms with Crippen molar-refractivity contribution in [2.75, 3.05) is 20.2 Å².